The molecule has 1 N–H and O–H groups in total. The van der Waals surface area contributed by atoms with Crippen LogP contribution >= 0.6 is 0 Å². The summed E-state index contributed by atoms with van der Waals surface area (Å²) in [5.41, 5.74) is 3.76. The molecule has 0 saturated carbocycles. The average Bonchev–Trinajstić information content (AvgIpc) is 2.75. The summed E-state index contributed by atoms with van der Waals surface area (Å²) in [4.78, 5) is 31.7. The lowest BCUT2D eigenvalue weighted by atomic mass is 10.2. The molecule has 1 aromatic heterocycles. The Balaban J connectivity index is 1.79. The van der Waals surface area contributed by atoms with E-state index < -0.39 is 10.9 Å². The van der Waals surface area contributed by atoms with E-state index in [4.69, 9.17) is 14.3 Å². The number of benzene rings is 2. The second-order valence-electron chi connectivity index (χ2n) is 5.79. The topological polar surface area (TPSA) is 113 Å². The van der Waals surface area contributed by atoms with Crippen molar-refractivity contribution in [1.29, 1.82) is 0 Å². The van der Waals surface area contributed by atoms with Gasteiger partial charge in [0.05, 0.1) is 24.2 Å². The minimum Gasteiger partial charge on any atom is -0.465 e. The Morgan fingerprint density at radius 2 is 1.86 bits per heavy atom. The van der Waals surface area contributed by atoms with Crippen molar-refractivity contribution in [3.8, 4) is 11.5 Å². The van der Waals surface area contributed by atoms with Crippen LogP contribution in [0.4, 0.5) is 11.5 Å². The second kappa shape index (κ2) is 9.29. The lowest BCUT2D eigenvalue weighted by Crippen LogP contribution is -2.07. The van der Waals surface area contributed by atoms with Gasteiger partial charge in [-0.3, -0.25) is 15.0 Å². The smallest absolute Gasteiger partial charge is 0.339 e. The number of esters is 1. The van der Waals surface area contributed by atoms with Crippen LogP contribution in [0.2, 0.25) is 0 Å². The minimum absolute atomic E-state index is 0.0664. The number of hydrogen-bond acceptors (Lipinski definition) is 8. The Hall–Kier alpha value is -3.98. The molecule has 0 aliphatic carbocycles. The number of carbonyl (C=O) groups is 1. The van der Waals surface area contributed by atoms with Crippen molar-refractivity contribution in [2.24, 2.45) is 0 Å². The van der Waals surface area contributed by atoms with Crippen LogP contribution in [0.25, 0.3) is 0 Å². The minimum atomic E-state index is -0.581. The number of aromatic nitrogens is 1. The van der Waals surface area contributed by atoms with E-state index in [1.165, 1.54) is 43.6 Å². The highest BCUT2D eigenvalue weighted by molar-refractivity contribution is 5.90. The number of non-ortho nitro benzene ring substituents is 1. The summed E-state index contributed by atoms with van der Waals surface area (Å²) < 4.78 is 10.4. The first kappa shape index (κ1) is 19.8. The summed E-state index contributed by atoms with van der Waals surface area (Å²) in [7, 11) is 1.26. The van der Waals surface area contributed by atoms with Gasteiger partial charge in [0.15, 0.2) is 11.6 Å². The zero-order chi connectivity index (χ0) is 20.6. The number of ether oxygens (including phenoxy) is 2. The third-order valence-electron chi connectivity index (χ3n) is 3.80. The predicted molar refractivity (Wildman–Crippen MR) is 104 cm³/mol. The van der Waals surface area contributed by atoms with Crippen molar-refractivity contribution >= 4 is 17.5 Å². The van der Waals surface area contributed by atoms with Crippen LogP contribution in [0.3, 0.4) is 0 Å². The normalized spacial score (nSPS) is 10.2. The molecule has 0 radical (unpaired) electrons. The zero-order valence-electron chi connectivity index (χ0n) is 15.4. The van der Waals surface area contributed by atoms with Crippen LogP contribution in [0.5, 0.6) is 11.5 Å². The summed E-state index contributed by atoms with van der Waals surface area (Å²) in [6, 6.07) is 16.4. The highest BCUT2D eigenvalue weighted by Gasteiger charge is 2.14. The summed E-state index contributed by atoms with van der Waals surface area (Å²) in [5, 5.41) is 10.8. The second-order valence-corrected chi connectivity index (χ2v) is 5.79. The first-order valence-corrected chi connectivity index (χ1v) is 8.49. The van der Waals surface area contributed by atoms with E-state index in [0.717, 1.165) is 5.56 Å². The Morgan fingerprint density at radius 1 is 1.14 bits per heavy atom. The van der Waals surface area contributed by atoms with Gasteiger partial charge < -0.3 is 9.47 Å². The highest BCUT2D eigenvalue weighted by Crippen LogP contribution is 2.30. The first-order chi connectivity index (χ1) is 14.1. The SMILES string of the molecule is COC(=O)c1cnc(NOCc2ccccc2)c(Oc2ccc([N+](=O)[O-])cc2)c1. The fourth-order valence-electron chi connectivity index (χ4n) is 2.35. The number of methoxy groups -OCH3 is 1. The molecule has 0 fully saturated rings. The van der Waals surface area contributed by atoms with Crippen molar-refractivity contribution in [2.45, 2.75) is 6.61 Å². The zero-order valence-corrected chi connectivity index (χ0v) is 15.4. The molecule has 148 valence electrons. The van der Waals surface area contributed by atoms with Crippen LogP contribution in [0, 0.1) is 10.1 Å². The molecule has 9 heteroatoms. The van der Waals surface area contributed by atoms with Crippen LogP contribution in [0.15, 0.2) is 66.9 Å². The van der Waals surface area contributed by atoms with Crippen molar-refractivity contribution in [2.75, 3.05) is 12.6 Å². The quantitative estimate of drug-likeness (QED) is 0.344. The molecule has 3 rings (SSSR count). The van der Waals surface area contributed by atoms with E-state index in [-0.39, 0.29) is 29.4 Å². The molecule has 0 spiro atoms. The molecule has 3 aromatic rings. The van der Waals surface area contributed by atoms with Gasteiger partial charge in [-0.2, -0.15) is 0 Å². The van der Waals surface area contributed by atoms with Crippen molar-refractivity contribution in [1.82, 2.24) is 4.98 Å². The number of hydrogen-bond donors (Lipinski definition) is 1. The molecule has 0 aliphatic heterocycles. The predicted octanol–water partition coefficient (Wildman–Crippen LogP) is 4.11. The lowest BCUT2D eigenvalue weighted by molar-refractivity contribution is -0.384. The number of nitrogens with zero attached hydrogens (tertiary/aromatic N) is 2. The monoisotopic (exact) mass is 395 g/mol. The largest absolute Gasteiger partial charge is 0.465 e. The molecule has 0 atom stereocenters. The molecular weight excluding hydrogens is 378 g/mol. The van der Waals surface area contributed by atoms with E-state index in [1.54, 1.807) is 0 Å². The molecule has 0 amide bonds. The van der Waals surface area contributed by atoms with Gasteiger partial charge in [0.1, 0.15) is 5.75 Å². The molecule has 0 unspecified atom stereocenters. The van der Waals surface area contributed by atoms with E-state index >= 15 is 0 Å². The van der Waals surface area contributed by atoms with E-state index in [9.17, 15) is 14.9 Å². The maximum atomic E-state index is 11.8. The van der Waals surface area contributed by atoms with Crippen molar-refractivity contribution in [3.63, 3.8) is 0 Å². The number of pyridine rings is 1. The van der Waals surface area contributed by atoms with Crippen LogP contribution in [-0.2, 0) is 16.2 Å². The fourth-order valence-corrected chi connectivity index (χ4v) is 2.35. The third kappa shape index (κ3) is 5.27. The summed E-state index contributed by atoms with van der Waals surface area (Å²) in [6.45, 7) is 0.276. The van der Waals surface area contributed by atoms with E-state index in [0.29, 0.717) is 5.75 Å². The summed E-state index contributed by atoms with van der Waals surface area (Å²) in [6.07, 6.45) is 1.32. The third-order valence-corrected chi connectivity index (χ3v) is 3.80. The van der Waals surface area contributed by atoms with Gasteiger partial charge >= 0.3 is 5.97 Å². The Bertz CT molecular complexity index is 993. The van der Waals surface area contributed by atoms with E-state index in [1.807, 2.05) is 30.3 Å². The number of rotatable bonds is 8. The molecule has 1 heterocycles. The molecule has 9 nitrogen and oxygen atoms in total. The van der Waals surface area contributed by atoms with Crippen molar-refractivity contribution in [3.05, 3.63) is 88.1 Å². The molecule has 29 heavy (non-hydrogen) atoms. The lowest BCUT2D eigenvalue weighted by Gasteiger charge is -2.13. The van der Waals surface area contributed by atoms with Crippen LogP contribution < -0.4 is 10.2 Å². The maximum Gasteiger partial charge on any atom is 0.339 e. The number of carbonyl (C=O) groups excluding carboxylic acids is 1. The molecule has 0 aliphatic rings. The van der Waals surface area contributed by atoms with Gasteiger partial charge in [-0.1, -0.05) is 30.3 Å². The highest BCUT2D eigenvalue weighted by atomic mass is 16.6. The Kier molecular flexibility index (Phi) is 6.33. The maximum absolute atomic E-state index is 11.8. The van der Waals surface area contributed by atoms with Gasteiger partial charge in [0, 0.05) is 24.4 Å². The van der Waals surface area contributed by atoms with Gasteiger partial charge in [-0.05, 0) is 17.7 Å². The van der Waals surface area contributed by atoms with Gasteiger partial charge in [-0.15, -0.1) is 0 Å². The Labute approximate surface area is 166 Å². The number of anilines is 1. The standard InChI is InChI=1S/C20H17N3O6/c1-27-20(24)15-11-18(29-17-9-7-16(8-10-17)23(25)26)19(21-12-15)22-28-13-14-5-3-2-4-6-14/h2-12H,13H2,1H3,(H,21,22). The molecule has 0 saturated heterocycles. The van der Waals surface area contributed by atoms with Gasteiger partial charge in [0.25, 0.3) is 5.69 Å². The summed E-state index contributed by atoms with van der Waals surface area (Å²) in [5.74, 6) is 0.162. The number of nitrogens with one attached hydrogen (secondary N) is 1. The summed E-state index contributed by atoms with van der Waals surface area (Å²) >= 11 is 0. The van der Waals surface area contributed by atoms with Crippen LogP contribution in [-0.4, -0.2) is 23.0 Å². The molecule has 0 bridgehead atoms. The van der Waals surface area contributed by atoms with Gasteiger partial charge in [0.2, 0.25) is 0 Å². The first-order valence-electron chi connectivity index (χ1n) is 8.49. The Morgan fingerprint density at radius 3 is 2.52 bits per heavy atom. The number of nitro benzene ring substituents is 1. The van der Waals surface area contributed by atoms with Crippen LogP contribution in [0.1, 0.15) is 15.9 Å². The average molecular weight is 395 g/mol. The van der Waals surface area contributed by atoms with Crippen molar-refractivity contribution < 1.29 is 24.0 Å². The fraction of sp³-hybridized carbons (Fsp3) is 0.100. The number of nitro groups is 1. The molecule has 2 aromatic carbocycles. The van der Waals surface area contributed by atoms with E-state index in [2.05, 4.69) is 10.5 Å². The molecular formula is C20H17N3O6. The van der Waals surface area contributed by atoms with Gasteiger partial charge in [-0.25, -0.2) is 15.3 Å².